The van der Waals surface area contributed by atoms with Gasteiger partial charge < -0.3 is 9.30 Å². The van der Waals surface area contributed by atoms with Crippen molar-refractivity contribution in [1.82, 2.24) is 14.5 Å². The summed E-state index contributed by atoms with van der Waals surface area (Å²) in [5.41, 5.74) is 4.95. The van der Waals surface area contributed by atoms with Gasteiger partial charge in [0, 0.05) is 38.7 Å². The maximum Gasteiger partial charge on any atom is 0.140 e. The molecule has 1 aromatic heterocycles. The number of rotatable bonds is 5. The molecule has 3 aromatic rings. The zero-order chi connectivity index (χ0) is 18.6. The Bertz CT molecular complexity index is 926. The van der Waals surface area contributed by atoms with Crippen LogP contribution in [0.4, 0.5) is 0 Å². The molecule has 1 aliphatic heterocycles. The van der Waals surface area contributed by atoms with Crippen LogP contribution in [-0.2, 0) is 20.0 Å². The van der Waals surface area contributed by atoms with E-state index in [1.54, 1.807) is 7.11 Å². The third-order valence-corrected chi connectivity index (χ3v) is 5.16. The summed E-state index contributed by atoms with van der Waals surface area (Å²) < 4.78 is 7.46. The molecule has 0 unspecified atom stereocenters. The molecule has 138 valence electrons. The van der Waals surface area contributed by atoms with Gasteiger partial charge in [-0.1, -0.05) is 54.6 Å². The van der Waals surface area contributed by atoms with E-state index in [0.717, 1.165) is 37.6 Å². The first-order valence-corrected chi connectivity index (χ1v) is 9.37. The van der Waals surface area contributed by atoms with Gasteiger partial charge in [-0.25, -0.2) is 4.98 Å². The minimum atomic E-state index is 0.890. The highest BCUT2D eigenvalue weighted by Gasteiger charge is 2.22. The molecule has 0 saturated heterocycles. The first kappa shape index (κ1) is 17.6. The Labute approximate surface area is 160 Å². The van der Waals surface area contributed by atoms with Crippen molar-refractivity contribution in [3.05, 3.63) is 77.6 Å². The average molecular weight is 359 g/mol. The van der Waals surface area contributed by atoms with Crippen molar-refractivity contribution in [1.29, 1.82) is 0 Å². The minimum absolute atomic E-state index is 0.890. The van der Waals surface area contributed by atoms with Crippen LogP contribution in [0.15, 0.2) is 60.7 Å². The fourth-order valence-corrected chi connectivity index (χ4v) is 3.60. The number of aromatic nitrogens is 2. The van der Waals surface area contributed by atoms with Crippen molar-refractivity contribution in [2.45, 2.75) is 13.0 Å². The number of hydrogen-bond donors (Lipinski definition) is 0. The van der Waals surface area contributed by atoms with E-state index in [1.807, 2.05) is 18.2 Å². The van der Waals surface area contributed by atoms with Crippen molar-refractivity contribution in [2.75, 3.05) is 20.2 Å². The Hall–Kier alpha value is -2.85. The third kappa shape index (κ3) is 3.81. The largest absolute Gasteiger partial charge is 0.497 e. The molecule has 4 nitrogen and oxygen atoms in total. The highest BCUT2D eigenvalue weighted by atomic mass is 16.5. The molecule has 4 heteroatoms. The average Bonchev–Trinajstić information content (AvgIpc) is 3.05. The minimum Gasteiger partial charge on any atom is -0.497 e. The van der Waals surface area contributed by atoms with Crippen molar-refractivity contribution in [3.63, 3.8) is 0 Å². The summed E-state index contributed by atoms with van der Waals surface area (Å²) in [6.45, 7) is 2.93. The highest BCUT2D eigenvalue weighted by molar-refractivity contribution is 5.57. The summed E-state index contributed by atoms with van der Waals surface area (Å²) in [5.74, 6) is 1.96. The molecule has 0 aliphatic carbocycles. The third-order valence-electron chi connectivity index (χ3n) is 5.16. The topological polar surface area (TPSA) is 30.3 Å². The van der Waals surface area contributed by atoms with E-state index in [1.165, 1.54) is 22.5 Å². The molecular formula is C23H25N3O. The van der Waals surface area contributed by atoms with E-state index in [9.17, 15) is 0 Å². The summed E-state index contributed by atoms with van der Waals surface area (Å²) in [6.07, 6.45) is 5.42. The molecule has 1 aliphatic rings. The lowest BCUT2D eigenvalue weighted by atomic mass is 10.1. The maximum atomic E-state index is 5.21. The Kier molecular flexibility index (Phi) is 5.07. The van der Waals surface area contributed by atoms with Gasteiger partial charge in [0.25, 0.3) is 0 Å². The van der Waals surface area contributed by atoms with Crippen molar-refractivity contribution < 1.29 is 4.74 Å². The van der Waals surface area contributed by atoms with Gasteiger partial charge >= 0.3 is 0 Å². The van der Waals surface area contributed by atoms with Gasteiger partial charge in [0.1, 0.15) is 11.6 Å². The second kappa shape index (κ2) is 7.80. The van der Waals surface area contributed by atoms with E-state index in [4.69, 9.17) is 9.72 Å². The summed E-state index contributed by atoms with van der Waals surface area (Å²) >= 11 is 0. The van der Waals surface area contributed by atoms with Crippen molar-refractivity contribution in [3.8, 4) is 17.1 Å². The molecule has 0 radical (unpaired) electrons. The molecule has 27 heavy (non-hydrogen) atoms. The van der Waals surface area contributed by atoms with E-state index in [-0.39, 0.29) is 0 Å². The fourth-order valence-electron chi connectivity index (χ4n) is 3.60. The van der Waals surface area contributed by atoms with Crippen LogP contribution in [0.25, 0.3) is 17.5 Å². The Morgan fingerprint density at radius 3 is 2.59 bits per heavy atom. The Balaban J connectivity index is 1.43. The lowest BCUT2D eigenvalue weighted by Gasteiger charge is -2.25. The highest BCUT2D eigenvalue weighted by Crippen LogP contribution is 2.25. The number of methoxy groups -OCH3 is 1. The van der Waals surface area contributed by atoms with Crippen LogP contribution in [0, 0.1) is 0 Å². The molecule has 0 amide bonds. The molecule has 0 N–H and O–H groups in total. The first-order valence-electron chi connectivity index (χ1n) is 9.37. The van der Waals surface area contributed by atoms with Crippen LogP contribution < -0.4 is 4.74 Å². The van der Waals surface area contributed by atoms with Crippen LogP contribution in [0.2, 0.25) is 0 Å². The van der Waals surface area contributed by atoms with Gasteiger partial charge in [-0.15, -0.1) is 0 Å². The van der Waals surface area contributed by atoms with Gasteiger partial charge in [-0.05, 0) is 17.7 Å². The van der Waals surface area contributed by atoms with Gasteiger partial charge in [-0.3, -0.25) is 4.90 Å². The predicted octanol–water partition coefficient (Wildman–Crippen LogP) is 4.17. The molecule has 0 saturated carbocycles. The summed E-state index contributed by atoms with van der Waals surface area (Å²) in [5, 5.41) is 0. The Morgan fingerprint density at radius 2 is 1.85 bits per heavy atom. The SMILES string of the molecule is COc1ccc(/C=C/CN2CCc3nc(-c4ccccc4)n(C)c3C2)cc1. The van der Waals surface area contributed by atoms with E-state index in [0.29, 0.717) is 0 Å². The lowest BCUT2D eigenvalue weighted by molar-refractivity contribution is 0.273. The smallest absolute Gasteiger partial charge is 0.140 e. The van der Waals surface area contributed by atoms with Crippen molar-refractivity contribution in [2.24, 2.45) is 7.05 Å². The number of ether oxygens (including phenoxy) is 1. The zero-order valence-corrected chi connectivity index (χ0v) is 15.9. The van der Waals surface area contributed by atoms with E-state index in [2.05, 4.69) is 65.1 Å². The lowest BCUT2D eigenvalue weighted by Crippen LogP contribution is -2.31. The number of imidazole rings is 1. The molecule has 2 heterocycles. The quantitative estimate of drug-likeness (QED) is 0.685. The maximum absolute atomic E-state index is 5.21. The predicted molar refractivity (Wildman–Crippen MR) is 110 cm³/mol. The Morgan fingerprint density at radius 1 is 1.07 bits per heavy atom. The second-order valence-electron chi connectivity index (χ2n) is 6.91. The summed E-state index contributed by atoms with van der Waals surface area (Å²) in [6, 6.07) is 18.6. The monoisotopic (exact) mass is 359 g/mol. The summed E-state index contributed by atoms with van der Waals surface area (Å²) in [7, 11) is 3.82. The van der Waals surface area contributed by atoms with Crippen LogP contribution in [0.3, 0.4) is 0 Å². The first-order chi connectivity index (χ1) is 13.2. The normalized spacial score (nSPS) is 14.4. The number of hydrogen-bond acceptors (Lipinski definition) is 3. The van der Waals surface area contributed by atoms with Crippen LogP contribution >= 0.6 is 0 Å². The molecular weight excluding hydrogens is 334 g/mol. The summed E-state index contributed by atoms with van der Waals surface area (Å²) in [4.78, 5) is 7.38. The van der Waals surface area contributed by atoms with Crippen molar-refractivity contribution >= 4 is 6.08 Å². The van der Waals surface area contributed by atoms with E-state index < -0.39 is 0 Å². The number of nitrogens with zero attached hydrogens (tertiary/aromatic N) is 3. The zero-order valence-electron chi connectivity index (χ0n) is 15.9. The standard InChI is InChI=1S/C23H25N3O/c1-25-22-17-26(15-6-7-18-10-12-20(27-2)13-11-18)16-14-21(22)24-23(25)19-8-4-3-5-9-19/h3-13H,14-17H2,1-2H3/b7-6+. The molecule has 2 aromatic carbocycles. The number of benzene rings is 2. The molecule has 0 atom stereocenters. The number of fused-ring (bicyclic) bond motifs is 1. The molecule has 0 fully saturated rings. The fraction of sp³-hybridized carbons (Fsp3) is 0.261. The molecule has 0 bridgehead atoms. The molecule has 4 rings (SSSR count). The van der Waals surface area contributed by atoms with Gasteiger partial charge in [0.15, 0.2) is 0 Å². The van der Waals surface area contributed by atoms with Crippen LogP contribution in [0.1, 0.15) is 17.0 Å². The van der Waals surface area contributed by atoms with Gasteiger partial charge in [0.05, 0.1) is 18.5 Å². The second-order valence-corrected chi connectivity index (χ2v) is 6.91. The van der Waals surface area contributed by atoms with E-state index >= 15 is 0 Å². The van der Waals surface area contributed by atoms with Crippen LogP contribution in [-0.4, -0.2) is 34.7 Å². The molecule has 0 spiro atoms. The van der Waals surface area contributed by atoms with Gasteiger partial charge in [-0.2, -0.15) is 0 Å². The van der Waals surface area contributed by atoms with Gasteiger partial charge in [0.2, 0.25) is 0 Å². The van der Waals surface area contributed by atoms with Crippen LogP contribution in [0.5, 0.6) is 5.75 Å².